The van der Waals surface area contributed by atoms with E-state index in [4.69, 9.17) is 0 Å². The van der Waals surface area contributed by atoms with Crippen LogP contribution in [0.3, 0.4) is 0 Å². The first kappa shape index (κ1) is 18.5. The standard InChI is InChI=1S/C21H36N2/c1-7-18(6)20-10-8-9-19(13-20)14-23-12-11-22(17(4)5)15-21(23)16(2)3/h8-10,13,16-18,21H,7,11-12,14-15H2,1-6H3/t18?,21-/m0/s1. The molecule has 0 spiro atoms. The number of hydrogen-bond donors (Lipinski definition) is 0. The van der Waals surface area contributed by atoms with Crippen LogP contribution in [0.25, 0.3) is 0 Å². The predicted molar refractivity (Wildman–Crippen MR) is 101 cm³/mol. The topological polar surface area (TPSA) is 6.48 Å². The highest BCUT2D eigenvalue weighted by Crippen LogP contribution is 2.24. The highest BCUT2D eigenvalue weighted by Gasteiger charge is 2.30. The maximum absolute atomic E-state index is 2.71. The number of piperazine rings is 1. The van der Waals surface area contributed by atoms with Crippen molar-refractivity contribution in [1.29, 1.82) is 0 Å². The molecular weight excluding hydrogens is 280 g/mol. The fourth-order valence-electron chi connectivity index (χ4n) is 3.64. The number of hydrogen-bond acceptors (Lipinski definition) is 2. The second-order valence-corrected chi connectivity index (χ2v) is 7.92. The Balaban J connectivity index is 2.09. The summed E-state index contributed by atoms with van der Waals surface area (Å²) < 4.78 is 0. The molecule has 0 radical (unpaired) electrons. The molecule has 0 bridgehead atoms. The van der Waals surface area contributed by atoms with Crippen molar-refractivity contribution in [2.24, 2.45) is 5.92 Å². The van der Waals surface area contributed by atoms with Crippen LogP contribution in [0.4, 0.5) is 0 Å². The molecule has 1 aliphatic rings. The van der Waals surface area contributed by atoms with E-state index >= 15 is 0 Å². The molecular formula is C21H36N2. The predicted octanol–water partition coefficient (Wildman–Crippen LogP) is 4.75. The van der Waals surface area contributed by atoms with Gasteiger partial charge in [0.2, 0.25) is 0 Å². The molecule has 0 amide bonds. The number of benzene rings is 1. The first-order valence-corrected chi connectivity index (χ1v) is 9.49. The minimum Gasteiger partial charge on any atom is -0.298 e. The normalized spacial score (nSPS) is 22.0. The van der Waals surface area contributed by atoms with Crippen LogP contribution in [0.1, 0.15) is 65.0 Å². The van der Waals surface area contributed by atoms with Gasteiger partial charge in [-0.15, -0.1) is 0 Å². The summed E-state index contributed by atoms with van der Waals surface area (Å²) in [5.74, 6) is 1.36. The van der Waals surface area contributed by atoms with Gasteiger partial charge in [-0.25, -0.2) is 0 Å². The third-order valence-corrected chi connectivity index (χ3v) is 5.58. The third-order valence-electron chi connectivity index (χ3n) is 5.58. The molecule has 1 aliphatic heterocycles. The van der Waals surface area contributed by atoms with Crippen LogP contribution < -0.4 is 0 Å². The summed E-state index contributed by atoms with van der Waals surface area (Å²) in [5.41, 5.74) is 2.97. The fourth-order valence-corrected chi connectivity index (χ4v) is 3.64. The Morgan fingerprint density at radius 3 is 2.43 bits per heavy atom. The molecule has 1 heterocycles. The molecule has 2 atom stereocenters. The van der Waals surface area contributed by atoms with Gasteiger partial charge >= 0.3 is 0 Å². The van der Waals surface area contributed by atoms with Crippen molar-refractivity contribution in [3.05, 3.63) is 35.4 Å². The first-order chi connectivity index (χ1) is 10.9. The quantitative estimate of drug-likeness (QED) is 0.747. The Morgan fingerprint density at radius 2 is 1.83 bits per heavy atom. The van der Waals surface area contributed by atoms with Crippen LogP contribution in [0, 0.1) is 5.92 Å². The first-order valence-electron chi connectivity index (χ1n) is 9.49. The van der Waals surface area contributed by atoms with Crippen LogP contribution in [-0.2, 0) is 6.54 Å². The summed E-state index contributed by atoms with van der Waals surface area (Å²) in [5, 5.41) is 0. The van der Waals surface area contributed by atoms with E-state index in [1.54, 1.807) is 0 Å². The minimum atomic E-state index is 0.659. The van der Waals surface area contributed by atoms with Crippen molar-refractivity contribution < 1.29 is 0 Å². The maximum Gasteiger partial charge on any atom is 0.0250 e. The summed E-state index contributed by atoms with van der Waals surface area (Å²) in [6.45, 7) is 18.7. The van der Waals surface area contributed by atoms with Gasteiger partial charge in [-0.1, -0.05) is 52.0 Å². The lowest BCUT2D eigenvalue weighted by Crippen LogP contribution is -2.56. The summed E-state index contributed by atoms with van der Waals surface area (Å²) in [6, 6.07) is 10.6. The summed E-state index contributed by atoms with van der Waals surface area (Å²) >= 11 is 0. The van der Waals surface area contributed by atoms with E-state index in [9.17, 15) is 0 Å². The summed E-state index contributed by atoms with van der Waals surface area (Å²) in [7, 11) is 0. The Hall–Kier alpha value is -0.860. The Morgan fingerprint density at radius 1 is 1.09 bits per heavy atom. The maximum atomic E-state index is 2.71. The van der Waals surface area contributed by atoms with Crippen LogP contribution in [0.15, 0.2) is 24.3 Å². The molecule has 2 nitrogen and oxygen atoms in total. The molecule has 2 rings (SSSR count). The smallest absolute Gasteiger partial charge is 0.0250 e. The molecule has 23 heavy (non-hydrogen) atoms. The average Bonchev–Trinajstić information content (AvgIpc) is 2.54. The Kier molecular flexibility index (Phi) is 6.67. The van der Waals surface area contributed by atoms with Crippen molar-refractivity contribution >= 4 is 0 Å². The van der Waals surface area contributed by atoms with E-state index < -0.39 is 0 Å². The lowest BCUT2D eigenvalue weighted by atomic mass is 9.95. The molecule has 2 heteroatoms. The lowest BCUT2D eigenvalue weighted by molar-refractivity contribution is 0.0296. The zero-order chi connectivity index (χ0) is 17.0. The van der Waals surface area contributed by atoms with Crippen LogP contribution in [0.2, 0.25) is 0 Å². The Labute approximate surface area is 143 Å². The van der Waals surface area contributed by atoms with Crippen molar-refractivity contribution in [3.8, 4) is 0 Å². The van der Waals surface area contributed by atoms with Crippen LogP contribution in [-0.4, -0.2) is 41.5 Å². The van der Waals surface area contributed by atoms with Gasteiger partial charge < -0.3 is 0 Å². The zero-order valence-electron chi connectivity index (χ0n) is 16.0. The van der Waals surface area contributed by atoms with Crippen LogP contribution >= 0.6 is 0 Å². The molecule has 0 aliphatic carbocycles. The van der Waals surface area contributed by atoms with Crippen molar-refractivity contribution in [3.63, 3.8) is 0 Å². The van der Waals surface area contributed by atoms with Gasteiger partial charge in [0, 0.05) is 38.3 Å². The SMILES string of the molecule is CCC(C)c1cccc(CN2CCN(C(C)C)C[C@H]2C(C)C)c1. The largest absolute Gasteiger partial charge is 0.298 e. The second-order valence-electron chi connectivity index (χ2n) is 7.92. The highest BCUT2D eigenvalue weighted by molar-refractivity contribution is 5.26. The van der Waals surface area contributed by atoms with E-state index in [2.05, 4.69) is 75.6 Å². The van der Waals surface area contributed by atoms with Crippen LogP contribution in [0.5, 0.6) is 0 Å². The molecule has 0 aromatic heterocycles. The van der Waals surface area contributed by atoms with Gasteiger partial charge in [-0.2, -0.15) is 0 Å². The Bertz CT molecular complexity index is 480. The highest BCUT2D eigenvalue weighted by atomic mass is 15.3. The van der Waals surface area contributed by atoms with Crippen molar-refractivity contribution in [1.82, 2.24) is 9.80 Å². The van der Waals surface area contributed by atoms with Crippen molar-refractivity contribution in [2.45, 2.75) is 72.5 Å². The lowest BCUT2D eigenvalue weighted by Gasteiger charge is -2.45. The van der Waals surface area contributed by atoms with Crippen molar-refractivity contribution in [2.75, 3.05) is 19.6 Å². The minimum absolute atomic E-state index is 0.659. The third kappa shape index (κ3) is 4.81. The van der Waals surface area contributed by atoms with E-state index in [1.165, 1.54) is 37.2 Å². The monoisotopic (exact) mass is 316 g/mol. The molecule has 1 fully saturated rings. The molecule has 130 valence electrons. The van der Waals surface area contributed by atoms with Gasteiger partial charge in [0.1, 0.15) is 0 Å². The summed E-state index contributed by atoms with van der Waals surface area (Å²) in [4.78, 5) is 5.34. The number of rotatable bonds is 6. The van der Waals surface area contributed by atoms with E-state index in [0.717, 1.165) is 6.54 Å². The molecule has 0 N–H and O–H groups in total. The molecule has 1 aromatic rings. The number of nitrogens with zero attached hydrogens (tertiary/aromatic N) is 2. The van der Waals surface area contributed by atoms with Gasteiger partial charge in [0.05, 0.1) is 0 Å². The summed E-state index contributed by atoms with van der Waals surface area (Å²) in [6.07, 6.45) is 1.21. The van der Waals surface area contributed by atoms with Gasteiger partial charge in [-0.3, -0.25) is 9.80 Å². The van der Waals surface area contributed by atoms with Gasteiger partial charge in [0.25, 0.3) is 0 Å². The molecule has 1 unspecified atom stereocenters. The van der Waals surface area contributed by atoms with E-state index in [0.29, 0.717) is 23.9 Å². The molecule has 1 saturated heterocycles. The van der Waals surface area contributed by atoms with Gasteiger partial charge in [-0.05, 0) is 43.2 Å². The van der Waals surface area contributed by atoms with E-state index in [-0.39, 0.29) is 0 Å². The average molecular weight is 317 g/mol. The molecule has 1 aromatic carbocycles. The van der Waals surface area contributed by atoms with Gasteiger partial charge in [0.15, 0.2) is 0 Å². The zero-order valence-corrected chi connectivity index (χ0v) is 16.0. The fraction of sp³-hybridized carbons (Fsp3) is 0.714. The van der Waals surface area contributed by atoms with E-state index in [1.807, 2.05) is 0 Å². The molecule has 0 saturated carbocycles. The second kappa shape index (κ2) is 8.30.